The average molecular weight is 476 g/mol. The Morgan fingerprint density at radius 2 is 1.37 bits per heavy atom. The van der Waals surface area contributed by atoms with Crippen molar-refractivity contribution in [3.05, 3.63) is 107 Å². The third-order valence-electron chi connectivity index (χ3n) is 5.61. The first-order valence-electron chi connectivity index (χ1n) is 11.2. The second kappa shape index (κ2) is 10.5. The summed E-state index contributed by atoms with van der Waals surface area (Å²) in [6, 6.07) is 20.2. The SMILES string of the molecule is CCOc1ccc(-c2ccc(C(=O)Oc3ccc(-c4ccc(CC)cc4)c(F)c3F)cc2)c(F)c1. The lowest BCUT2D eigenvalue weighted by Crippen LogP contribution is -2.10. The van der Waals surface area contributed by atoms with E-state index in [1.807, 2.05) is 26.0 Å². The highest BCUT2D eigenvalue weighted by molar-refractivity contribution is 5.91. The fraction of sp³-hybridized carbons (Fsp3) is 0.138. The number of aryl methyl sites for hydroxylation is 1. The van der Waals surface area contributed by atoms with Crippen LogP contribution in [-0.2, 0) is 6.42 Å². The molecule has 4 aromatic rings. The number of hydrogen-bond donors (Lipinski definition) is 0. The molecule has 0 saturated carbocycles. The van der Waals surface area contributed by atoms with Gasteiger partial charge in [0, 0.05) is 17.2 Å². The van der Waals surface area contributed by atoms with Gasteiger partial charge >= 0.3 is 5.97 Å². The van der Waals surface area contributed by atoms with Crippen molar-refractivity contribution in [3.63, 3.8) is 0 Å². The van der Waals surface area contributed by atoms with Gasteiger partial charge in [0.2, 0.25) is 5.82 Å². The third-order valence-corrected chi connectivity index (χ3v) is 5.61. The summed E-state index contributed by atoms with van der Waals surface area (Å²) in [7, 11) is 0. The van der Waals surface area contributed by atoms with Crippen LogP contribution in [0.5, 0.6) is 11.5 Å². The van der Waals surface area contributed by atoms with Crippen molar-refractivity contribution >= 4 is 5.97 Å². The Morgan fingerprint density at radius 3 is 2.00 bits per heavy atom. The fourth-order valence-electron chi connectivity index (χ4n) is 3.68. The van der Waals surface area contributed by atoms with E-state index in [1.54, 1.807) is 36.4 Å². The number of carbonyl (C=O) groups excluding carboxylic acids is 1. The molecule has 0 aliphatic carbocycles. The lowest BCUT2D eigenvalue weighted by atomic mass is 10.0. The van der Waals surface area contributed by atoms with Gasteiger partial charge in [-0.25, -0.2) is 13.6 Å². The van der Waals surface area contributed by atoms with Crippen LogP contribution in [0.3, 0.4) is 0 Å². The quantitative estimate of drug-likeness (QED) is 0.203. The van der Waals surface area contributed by atoms with Crippen molar-refractivity contribution in [3.8, 4) is 33.8 Å². The number of ether oxygens (including phenoxy) is 2. The predicted octanol–water partition coefficient (Wildman–Crippen LogP) is 7.62. The Morgan fingerprint density at radius 1 is 0.743 bits per heavy atom. The highest BCUT2D eigenvalue weighted by atomic mass is 19.2. The van der Waals surface area contributed by atoms with Gasteiger partial charge in [-0.2, -0.15) is 4.39 Å². The first kappa shape index (κ1) is 24.1. The first-order valence-corrected chi connectivity index (χ1v) is 11.2. The van der Waals surface area contributed by atoms with Crippen LogP contribution >= 0.6 is 0 Å². The van der Waals surface area contributed by atoms with E-state index in [4.69, 9.17) is 9.47 Å². The Hall–Kier alpha value is -4.06. The molecule has 0 radical (unpaired) electrons. The molecule has 0 aliphatic rings. The normalized spacial score (nSPS) is 10.8. The maximum atomic E-state index is 14.7. The van der Waals surface area contributed by atoms with Crippen LogP contribution in [0, 0.1) is 17.5 Å². The van der Waals surface area contributed by atoms with Crippen LogP contribution < -0.4 is 9.47 Å². The molecule has 35 heavy (non-hydrogen) atoms. The third kappa shape index (κ3) is 5.22. The second-order valence-electron chi connectivity index (χ2n) is 7.83. The number of esters is 1. The molecule has 0 aromatic heterocycles. The zero-order valence-corrected chi connectivity index (χ0v) is 19.3. The second-order valence-corrected chi connectivity index (χ2v) is 7.83. The van der Waals surface area contributed by atoms with Gasteiger partial charge in [-0.3, -0.25) is 0 Å². The van der Waals surface area contributed by atoms with Crippen molar-refractivity contribution in [2.24, 2.45) is 0 Å². The lowest BCUT2D eigenvalue weighted by molar-refractivity contribution is 0.0727. The van der Waals surface area contributed by atoms with E-state index in [1.165, 1.54) is 30.3 Å². The van der Waals surface area contributed by atoms with Gasteiger partial charge in [0.15, 0.2) is 11.6 Å². The summed E-state index contributed by atoms with van der Waals surface area (Å²) >= 11 is 0. The molecule has 0 bridgehead atoms. The van der Waals surface area contributed by atoms with Crippen LogP contribution in [-0.4, -0.2) is 12.6 Å². The van der Waals surface area contributed by atoms with Crippen LogP contribution in [0.2, 0.25) is 0 Å². The maximum absolute atomic E-state index is 14.7. The molecule has 0 spiro atoms. The van der Waals surface area contributed by atoms with E-state index in [0.29, 0.717) is 29.0 Å². The Kier molecular flexibility index (Phi) is 7.20. The monoisotopic (exact) mass is 476 g/mol. The highest BCUT2D eigenvalue weighted by Crippen LogP contribution is 2.31. The number of hydrogen-bond acceptors (Lipinski definition) is 3. The number of halogens is 3. The van der Waals surface area contributed by atoms with E-state index in [0.717, 1.165) is 12.0 Å². The zero-order chi connectivity index (χ0) is 24.9. The van der Waals surface area contributed by atoms with Crippen molar-refractivity contribution in [2.45, 2.75) is 20.3 Å². The van der Waals surface area contributed by atoms with E-state index < -0.39 is 29.2 Å². The Labute approximate surface area is 201 Å². The summed E-state index contributed by atoms with van der Waals surface area (Å²) in [5.74, 6) is -3.75. The summed E-state index contributed by atoms with van der Waals surface area (Å²) in [6.07, 6.45) is 0.835. The number of rotatable bonds is 7. The van der Waals surface area contributed by atoms with Crippen molar-refractivity contribution in [2.75, 3.05) is 6.61 Å². The minimum Gasteiger partial charge on any atom is -0.494 e. The molecule has 0 fully saturated rings. The summed E-state index contributed by atoms with van der Waals surface area (Å²) in [4.78, 5) is 12.5. The first-order chi connectivity index (χ1) is 16.9. The Bertz CT molecular complexity index is 1350. The number of benzene rings is 4. The summed E-state index contributed by atoms with van der Waals surface area (Å²) in [5.41, 5.74) is 2.66. The maximum Gasteiger partial charge on any atom is 0.343 e. The molecular weight excluding hydrogens is 453 g/mol. The molecule has 0 saturated heterocycles. The van der Waals surface area contributed by atoms with Gasteiger partial charge in [-0.1, -0.05) is 43.3 Å². The zero-order valence-electron chi connectivity index (χ0n) is 19.3. The van der Waals surface area contributed by atoms with Crippen LogP contribution in [0.15, 0.2) is 78.9 Å². The van der Waals surface area contributed by atoms with Crippen LogP contribution in [0.4, 0.5) is 13.2 Å². The molecule has 6 heteroatoms. The van der Waals surface area contributed by atoms with Gasteiger partial charge in [0.25, 0.3) is 0 Å². The number of carbonyl (C=O) groups is 1. The summed E-state index contributed by atoms with van der Waals surface area (Å²) in [6.45, 7) is 4.24. The largest absolute Gasteiger partial charge is 0.494 e. The van der Waals surface area contributed by atoms with Crippen molar-refractivity contribution in [1.29, 1.82) is 0 Å². The molecule has 178 valence electrons. The average Bonchev–Trinajstić information content (AvgIpc) is 2.87. The van der Waals surface area contributed by atoms with Crippen molar-refractivity contribution < 1.29 is 27.4 Å². The smallest absolute Gasteiger partial charge is 0.343 e. The van der Waals surface area contributed by atoms with Gasteiger partial charge in [0.05, 0.1) is 12.2 Å². The molecule has 0 atom stereocenters. The van der Waals surface area contributed by atoms with Gasteiger partial charge in [-0.15, -0.1) is 0 Å². The highest BCUT2D eigenvalue weighted by Gasteiger charge is 2.19. The van der Waals surface area contributed by atoms with Crippen LogP contribution in [0.1, 0.15) is 29.8 Å². The van der Waals surface area contributed by atoms with Crippen molar-refractivity contribution in [1.82, 2.24) is 0 Å². The van der Waals surface area contributed by atoms with E-state index >= 15 is 0 Å². The molecule has 0 N–H and O–H groups in total. The van der Waals surface area contributed by atoms with Gasteiger partial charge in [0.1, 0.15) is 11.6 Å². The summed E-state index contributed by atoms with van der Waals surface area (Å²) < 4.78 is 54.2. The minimum atomic E-state index is -1.25. The predicted molar refractivity (Wildman–Crippen MR) is 129 cm³/mol. The van der Waals surface area contributed by atoms with Gasteiger partial charge < -0.3 is 9.47 Å². The Balaban J connectivity index is 1.51. The van der Waals surface area contributed by atoms with Crippen LogP contribution in [0.25, 0.3) is 22.3 Å². The van der Waals surface area contributed by atoms with E-state index in [-0.39, 0.29) is 11.1 Å². The molecule has 0 aliphatic heterocycles. The standard InChI is InChI=1S/C29H23F3O3/c1-3-18-5-7-20(8-6-18)24-15-16-26(28(32)27(24)31)35-29(33)21-11-9-19(10-12-21)23-14-13-22(34-4-2)17-25(23)30/h5-17H,3-4H2,1-2H3. The fourth-order valence-corrected chi connectivity index (χ4v) is 3.68. The molecule has 4 aromatic carbocycles. The molecule has 0 unspecified atom stereocenters. The molecule has 0 heterocycles. The molecule has 3 nitrogen and oxygen atoms in total. The van der Waals surface area contributed by atoms with E-state index in [9.17, 15) is 18.0 Å². The molecule has 0 amide bonds. The van der Waals surface area contributed by atoms with E-state index in [2.05, 4.69) is 0 Å². The minimum absolute atomic E-state index is 0.0756. The topological polar surface area (TPSA) is 35.5 Å². The molecule has 4 rings (SSSR count). The lowest BCUT2D eigenvalue weighted by Gasteiger charge is -2.11. The van der Waals surface area contributed by atoms with Gasteiger partial charge in [-0.05, 0) is 66.4 Å². The summed E-state index contributed by atoms with van der Waals surface area (Å²) in [5, 5.41) is 0. The molecular formula is C29H23F3O3.